The number of hydrogen-bond donors (Lipinski definition) is 2. The van der Waals surface area contributed by atoms with Crippen LogP contribution in [0.25, 0.3) is 10.9 Å². The van der Waals surface area contributed by atoms with Gasteiger partial charge in [0.05, 0.1) is 31.5 Å². The van der Waals surface area contributed by atoms with Crippen molar-refractivity contribution in [3.05, 3.63) is 24.2 Å². The van der Waals surface area contributed by atoms with Crippen molar-refractivity contribution in [1.82, 2.24) is 20.6 Å². The Bertz CT molecular complexity index is 611. The van der Waals surface area contributed by atoms with E-state index in [9.17, 15) is 0 Å². The lowest BCUT2D eigenvalue weighted by molar-refractivity contribution is 0.355. The monoisotopic (exact) mass is 274 g/mol. The van der Waals surface area contributed by atoms with Gasteiger partial charge in [0.25, 0.3) is 0 Å². The second kappa shape index (κ2) is 5.60. The van der Waals surface area contributed by atoms with E-state index in [2.05, 4.69) is 20.6 Å². The average molecular weight is 274 g/mol. The maximum atomic E-state index is 5.37. The highest BCUT2D eigenvalue weighted by atomic mass is 16.5. The van der Waals surface area contributed by atoms with Gasteiger partial charge in [-0.05, 0) is 6.07 Å². The first-order chi connectivity index (χ1) is 9.83. The molecule has 3 rings (SSSR count). The summed E-state index contributed by atoms with van der Waals surface area (Å²) in [5.41, 5.74) is 1.85. The molecule has 2 heterocycles. The van der Waals surface area contributed by atoms with Gasteiger partial charge in [0.1, 0.15) is 6.33 Å². The zero-order valence-corrected chi connectivity index (χ0v) is 11.6. The van der Waals surface area contributed by atoms with Crippen molar-refractivity contribution < 1.29 is 9.47 Å². The molecule has 1 atom stereocenters. The number of rotatable bonds is 3. The molecule has 106 valence electrons. The van der Waals surface area contributed by atoms with Crippen LogP contribution in [0.4, 0.5) is 0 Å². The average Bonchev–Trinajstić information content (AvgIpc) is 2.53. The molecule has 1 aliphatic heterocycles. The van der Waals surface area contributed by atoms with Gasteiger partial charge in [-0.25, -0.2) is 9.97 Å². The van der Waals surface area contributed by atoms with E-state index in [1.54, 1.807) is 20.5 Å². The fourth-order valence-corrected chi connectivity index (χ4v) is 2.53. The predicted octanol–water partition coefficient (Wildman–Crippen LogP) is 0.881. The van der Waals surface area contributed by atoms with Crippen molar-refractivity contribution >= 4 is 10.9 Å². The fourth-order valence-electron chi connectivity index (χ4n) is 2.53. The standard InChI is InChI=1S/C14H18N4O2/c1-19-12-5-9-10(6-13(12)20-2)17-8-18-14(9)11-7-15-3-4-16-11/h5-6,8,11,15-16H,3-4,7H2,1-2H3. The number of ether oxygens (including phenoxy) is 2. The highest BCUT2D eigenvalue weighted by Crippen LogP contribution is 2.33. The molecule has 1 saturated heterocycles. The minimum atomic E-state index is 0.187. The molecule has 0 radical (unpaired) electrons. The van der Waals surface area contributed by atoms with Crippen LogP contribution in [0.3, 0.4) is 0 Å². The van der Waals surface area contributed by atoms with E-state index < -0.39 is 0 Å². The van der Waals surface area contributed by atoms with Crippen LogP contribution in [0.5, 0.6) is 11.5 Å². The maximum Gasteiger partial charge on any atom is 0.162 e. The summed E-state index contributed by atoms with van der Waals surface area (Å²) in [6.45, 7) is 2.78. The van der Waals surface area contributed by atoms with Gasteiger partial charge in [-0.3, -0.25) is 0 Å². The van der Waals surface area contributed by atoms with Crippen LogP contribution < -0.4 is 20.1 Å². The minimum absolute atomic E-state index is 0.187. The zero-order chi connectivity index (χ0) is 13.9. The summed E-state index contributed by atoms with van der Waals surface area (Å²) in [6.07, 6.45) is 1.60. The molecule has 0 amide bonds. The van der Waals surface area contributed by atoms with E-state index in [4.69, 9.17) is 9.47 Å². The van der Waals surface area contributed by atoms with Crippen LogP contribution in [-0.2, 0) is 0 Å². The van der Waals surface area contributed by atoms with E-state index in [-0.39, 0.29) is 6.04 Å². The van der Waals surface area contributed by atoms with Gasteiger partial charge in [-0.15, -0.1) is 0 Å². The molecule has 0 aliphatic carbocycles. The molecule has 0 saturated carbocycles. The van der Waals surface area contributed by atoms with E-state index >= 15 is 0 Å². The molecule has 1 fully saturated rings. The fraction of sp³-hybridized carbons (Fsp3) is 0.429. The number of piperazine rings is 1. The number of benzene rings is 1. The molecule has 1 aromatic heterocycles. The molecule has 2 aromatic rings. The summed E-state index contributed by atoms with van der Waals surface area (Å²) < 4.78 is 10.7. The van der Waals surface area contributed by atoms with Crippen LogP contribution in [0.2, 0.25) is 0 Å². The summed E-state index contributed by atoms with van der Waals surface area (Å²) in [5, 5.41) is 7.83. The number of methoxy groups -OCH3 is 2. The third kappa shape index (κ3) is 2.28. The van der Waals surface area contributed by atoms with Crippen molar-refractivity contribution in [3.63, 3.8) is 0 Å². The largest absolute Gasteiger partial charge is 0.493 e. The Morgan fingerprint density at radius 3 is 2.60 bits per heavy atom. The van der Waals surface area contributed by atoms with Crippen LogP contribution in [0.1, 0.15) is 11.7 Å². The maximum absolute atomic E-state index is 5.37. The molecule has 6 heteroatoms. The van der Waals surface area contributed by atoms with Gasteiger partial charge in [0.2, 0.25) is 0 Å². The Labute approximate surface area is 117 Å². The molecule has 0 bridgehead atoms. The summed E-state index contributed by atoms with van der Waals surface area (Å²) in [4.78, 5) is 8.78. The number of nitrogens with one attached hydrogen (secondary N) is 2. The van der Waals surface area contributed by atoms with Crippen molar-refractivity contribution in [3.8, 4) is 11.5 Å². The lowest BCUT2D eigenvalue weighted by Gasteiger charge is -2.25. The van der Waals surface area contributed by atoms with Gasteiger partial charge < -0.3 is 20.1 Å². The summed E-state index contributed by atoms with van der Waals surface area (Å²) >= 11 is 0. The lowest BCUT2D eigenvalue weighted by atomic mass is 10.1. The van der Waals surface area contributed by atoms with Crippen LogP contribution >= 0.6 is 0 Å². The van der Waals surface area contributed by atoms with Gasteiger partial charge in [-0.1, -0.05) is 0 Å². The molecular weight excluding hydrogens is 256 g/mol. The van der Waals surface area contributed by atoms with Gasteiger partial charge in [0.15, 0.2) is 11.5 Å². The third-order valence-corrected chi connectivity index (χ3v) is 3.54. The van der Waals surface area contributed by atoms with Crippen LogP contribution in [-0.4, -0.2) is 43.8 Å². The molecule has 1 unspecified atom stereocenters. The van der Waals surface area contributed by atoms with E-state index in [1.165, 1.54) is 0 Å². The Morgan fingerprint density at radius 2 is 1.90 bits per heavy atom. The quantitative estimate of drug-likeness (QED) is 0.866. The lowest BCUT2D eigenvalue weighted by Crippen LogP contribution is -2.43. The van der Waals surface area contributed by atoms with Gasteiger partial charge in [-0.2, -0.15) is 0 Å². The smallest absolute Gasteiger partial charge is 0.162 e. The van der Waals surface area contributed by atoms with Crippen LogP contribution in [0, 0.1) is 0 Å². The second-order valence-electron chi connectivity index (χ2n) is 4.69. The highest BCUT2D eigenvalue weighted by Gasteiger charge is 2.19. The third-order valence-electron chi connectivity index (χ3n) is 3.54. The van der Waals surface area contributed by atoms with E-state index in [0.29, 0.717) is 11.5 Å². The summed E-state index contributed by atoms with van der Waals surface area (Å²) in [5.74, 6) is 1.37. The molecule has 1 aliphatic rings. The SMILES string of the molecule is COc1cc2ncnc(C3CNCCN3)c2cc1OC. The van der Waals surface area contributed by atoms with Crippen molar-refractivity contribution in [2.45, 2.75) is 6.04 Å². The normalized spacial score (nSPS) is 19.0. The second-order valence-corrected chi connectivity index (χ2v) is 4.69. The van der Waals surface area contributed by atoms with Crippen molar-refractivity contribution in [2.24, 2.45) is 0 Å². The first-order valence-corrected chi connectivity index (χ1v) is 6.64. The number of hydrogen-bond acceptors (Lipinski definition) is 6. The van der Waals surface area contributed by atoms with Gasteiger partial charge in [0, 0.05) is 31.1 Å². The first kappa shape index (κ1) is 13.1. The van der Waals surface area contributed by atoms with Crippen LogP contribution in [0.15, 0.2) is 18.5 Å². The van der Waals surface area contributed by atoms with E-state index in [0.717, 1.165) is 36.2 Å². The highest BCUT2D eigenvalue weighted by molar-refractivity contribution is 5.85. The van der Waals surface area contributed by atoms with Gasteiger partial charge >= 0.3 is 0 Å². The molecule has 20 heavy (non-hydrogen) atoms. The number of nitrogens with zero attached hydrogens (tertiary/aromatic N) is 2. The Morgan fingerprint density at radius 1 is 1.10 bits per heavy atom. The van der Waals surface area contributed by atoms with E-state index in [1.807, 2.05) is 12.1 Å². The predicted molar refractivity (Wildman–Crippen MR) is 76.3 cm³/mol. The van der Waals surface area contributed by atoms with Crippen molar-refractivity contribution in [1.29, 1.82) is 0 Å². The topological polar surface area (TPSA) is 68.3 Å². The Hall–Kier alpha value is -1.92. The zero-order valence-electron chi connectivity index (χ0n) is 11.6. The first-order valence-electron chi connectivity index (χ1n) is 6.64. The molecule has 2 N–H and O–H groups in total. The van der Waals surface area contributed by atoms with Crippen molar-refractivity contribution in [2.75, 3.05) is 33.9 Å². The molecular formula is C14H18N4O2. The Kier molecular flexibility index (Phi) is 3.66. The molecule has 1 aromatic carbocycles. The summed E-state index contributed by atoms with van der Waals surface area (Å²) in [6, 6.07) is 4.02. The Balaban J connectivity index is 2.12. The minimum Gasteiger partial charge on any atom is -0.493 e. The summed E-state index contributed by atoms with van der Waals surface area (Å²) in [7, 11) is 3.26. The molecule has 0 spiro atoms. The molecule has 6 nitrogen and oxygen atoms in total. The number of fused-ring (bicyclic) bond motifs is 1. The number of aromatic nitrogens is 2.